The third-order valence-electron chi connectivity index (χ3n) is 3.51. The molecule has 0 aliphatic heterocycles. The first-order valence-electron chi connectivity index (χ1n) is 5.89. The van der Waals surface area contributed by atoms with E-state index < -0.39 is 5.79 Å². The summed E-state index contributed by atoms with van der Waals surface area (Å²) in [6.45, 7) is 8.28. The quantitative estimate of drug-likeness (QED) is 0.769. The van der Waals surface area contributed by atoms with Crippen LogP contribution in [0.15, 0.2) is 24.3 Å². The lowest BCUT2D eigenvalue weighted by Gasteiger charge is -2.25. The van der Waals surface area contributed by atoms with Gasteiger partial charge in [0.1, 0.15) is 0 Å². The fourth-order valence-electron chi connectivity index (χ4n) is 1.60. The molecule has 0 amide bonds. The van der Waals surface area contributed by atoms with Crippen LogP contribution in [0, 0.1) is 0 Å². The van der Waals surface area contributed by atoms with Gasteiger partial charge in [0, 0.05) is 12.0 Å². The Morgan fingerprint density at radius 3 is 1.69 bits per heavy atom. The molecule has 2 N–H and O–H groups in total. The summed E-state index contributed by atoms with van der Waals surface area (Å²) in [4.78, 5) is 0. The molecule has 0 radical (unpaired) electrons. The normalized spacial score (nSPS) is 12.9. The van der Waals surface area contributed by atoms with Crippen molar-refractivity contribution in [3.05, 3.63) is 35.4 Å². The predicted octanol–water partition coefficient (Wildman–Crippen LogP) is 2.92. The second-order valence-electron chi connectivity index (χ2n) is 4.98. The summed E-state index contributed by atoms with van der Waals surface area (Å²) in [5.74, 6) is -1.70. The molecule has 0 saturated carbocycles. The van der Waals surface area contributed by atoms with Crippen LogP contribution in [-0.2, 0) is 11.2 Å². The van der Waals surface area contributed by atoms with Crippen molar-refractivity contribution in [3.63, 3.8) is 0 Å². The Hall–Kier alpha value is -0.860. The Labute approximate surface area is 97.9 Å². The molecule has 2 heteroatoms. The third-order valence-corrected chi connectivity index (χ3v) is 3.51. The van der Waals surface area contributed by atoms with Gasteiger partial charge in [0.15, 0.2) is 5.79 Å². The minimum Gasteiger partial charge on any atom is -0.362 e. The highest BCUT2D eigenvalue weighted by atomic mass is 16.5. The summed E-state index contributed by atoms with van der Waals surface area (Å²) in [5.41, 5.74) is 1.93. The topological polar surface area (TPSA) is 40.5 Å². The van der Waals surface area contributed by atoms with Crippen molar-refractivity contribution in [1.82, 2.24) is 0 Å². The van der Waals surface area contributed by atoms with Crippen molar-refractivity contribution in [3.8, 4) is 0 Å². The van der Waals surface area contributed by atoms with Gasteiger partial charge in [-0.15, -0.1) is 0 Å². The molecule has 0 bridgehead atoms. The van der Waals surface area contributed by atoms with E-state index in [1.54, 1.807) is 19.1 Å². The van der Waals surface area contributed by atoms with E-state index in [2.05, 4.69) is 20.8 Å². The fraction of sp³-hybridized carbons (Fsp3) is 0.571. The molecule has 0 aromatic heterocycles. The molecular formula is C14H22O2. The molecule has 0 aliphatic carbocycles. The zero-order valence-corrected chi connectivity index (χ0v) is 10.6. The molecule has 0 atom stereocenters. The Balaban J connectivity index is 3.00. The lowest BCUT2D eigenvalue weighted by atomic mass is 9.81. The maximum absolute atomic E-state index is 9.70. The minimum atomic E-state index is -1.70. The van der Waals surface area contributed by atoms with Crippen LogP contribution in [0.1, 0.15) is 51.7 Å². The van der Waals surface area contributed by atoms with Crippen LogP contribution in [0.3, 0.4) is 0 Å². The lowest BCUT2D eigenvalue weighted by Crippen LogP contribution is -2.24. The molecule has 0 aliphatic rings. The molecule has 2 nitrogen and oxygen atoms in total. The Kier molecular flexibility index (Phi) is 3.76. The summed E-state index contributed by atoms with van der Waals surface area (Å²) in [7, 11) is 0. The minimum absolute atomic E-state index is 0.137. The van der Waals surface area contributed by atoms with E-state index in [4.69, 9.17) is 0 Å². The summed E-state index contributed by atoms with van der Waals surface area (Å²) in [5, 5.41) is 19.4. The van der Waals surface area contributed by atoms with Gasteiger partial charge in [0.25, 0.3) is 0 Å². The van der Waals surface area contributed by atoms with Crippen molar-refractivity contribution in [1.29, 1.82) is 0 Å². The van der Waals surface area contributed by atoms with Crippen LogP contribution in [0.4, 0.5) is 0 Å². The number of hydrogen-bond donors (Lipinski definition) is 2. The van der Waals surface area contributed by atoms with E-state index in [9.17, 15) is 10.2 Å². The van der Waals surface area contributed by atoms with Gasteiger partial charge in [-0.1, -0.05) is 52.0 Å². The van der Waals surface area contributed by atoms with Crippen molar-refractivity contribution in [2.24, 2.45) is 0 Å². The van der Waals surface area contributed by atoms with Crippen LogP contribution in [0.5, 0.6) is 0 Å². The van der Waals surface area contributed by atoms with Gasteiger partial charge < -0.3 is 10.2 Å². The van der Waals surface area contributed by atoms with Crippen LogP contribution >= 0.6 is 0 Å². The second-order valence-corrected chi connectivity index (χ2v) is 4.98. The SMILES string of the molecule is CCC(C)(C)c1ccc(C(O)(O)CC)cc1. The van der Waals surface area contributed by atoms with Gasteiger partial charge in [0.05, 0.1) is 0 Å². The van der Waals surface area contributed by atoms with E-state index in [-0.39, 0.29) is 5.41 Å². The molecule has 90 valence electrons. The molecule has 0 unspecified atom stereocenters. The Morgan fingerprint density at radius 1 is 0.875 bits per heavy atom. The van der Waals surface area contributed by atoms with Crippen molar-refractivity contribution in [2.75, 3.05) is 0 Å². The lowest BCUT2D eigenvalue weighted by molar-refractivity contribution is -0.171. The van der Waals surface area contributed by atoms with Gasteiger partial charge >= 0.3 is 0 Å². The molecule has 16 heavy (non-hydrogen) atoms. The smallest absolute Gasteiger partial charge is 0.189 e. The van der Waals surface area contributed by atoms with E-state index >= 15 is 0 Å². The molecular weight excluding hydrogens is 200 g/mol. The van der Waals surface area contributed by atoms with E-state index in [0.29, 0.717) is 12.0 Å². The molecule has 0 heterocycles. The number of hydrogen-bond acceptors (Lipinski definition) is 2. The first-order valence-corrected chi connectivity index (χ1v) is 5.89. The average molecular weight is 222 g/mol. The number of rotatable bonds is 4. The molecule has 0 spiro atoms. The standard InChI is InChI=1S/C14H22O2/c1-5-13(3,4)11-7-9-12(10-8-11)14(15,16)6-2/h7-10,15-16H,5-6H2,1-4H3. The highest BCUT2D eigenvalue weighted by Crippen LogP contribution is 2.29. The largest absolute Gasteiger partial charge is 0.362 e. The Morgan fingerprint density at radius 2 is 1.31 bits per heavy atom. The van der Waals surface area contributed by atoms with Crippen LogP contribution in [-0.4, -0.2) is 10.2 Å². The summed E-state index contributed by atoms with van der Waals surface area (Å²) >= 11 is 0. The third kappa shape index (κ3) is 2.63. The van der Waals surface area contributed by atoms with E-state index in [0.717, 1.165) is 6.42 Å². The summed E-state index contributed by atoms with van der Waals surface area (Å²) in [6.07, 6.45) is 1.35. The molecule has 1 aromatic carbocycles. The first-order chi connectivity index (χ1) is 7.33. The van der Waals surface area contributed by atoms with Crippen LogP contribution in [0.2, 0.25) is 0 Å². The average Bonchev–Trinajstić information content (AvgIpc) is 2.29. The summed E-state index contributed by atoms with van der Waals surface area (Å²) in [6, 6.07) is 7.57. The highest BCUT2D eigenvalue weighted by molar-refractivity contribution is 5.30. The van der Waals surface area contributed by atoms with Crippen molar-refractivity contribution < 1.29 is 10.2 Å². The number of benzene rings is 1. The summed E-state index contributed by atoms with van der Waals surface area (Å²) < 4.78 is 0. The fourth-order valence-corrected chi connectivity index (χ4v) is 1.60. The van der Waals surface area contributed by atoms with Gasteiger partial charge in [-0.05, 0) is 17.4 Å². The molecule has 0 fully saturated rings. The molecule has 1 aromatic rings. The zero-order chi connectivity index (χ0) is 12.4. The molecule has 0 saturated heterocycles. The number of aliphatic hydroxyl groups is 2. The Bertz CT molecular complexity index is 301. The van der Waals surface area contributed by atoms with Crippen molar-refractivity contribution in [2.45, 2.75) is 51.7 Å². The van der Waals surface area contributed by atoms with Crippen LogP contribution in [0.25, 0.3) is 0 Å². The second kappa shape index (κ2) is 4.56. The van der Waals surface area contributed by atoms with Crippen LogP contribution < -0.4 is 0 Å². The zero-order valence-electron chi connectivity index (χ0n) is 10.6. The van der Waals surface area contributed by atoms with E-state index in [1.165, 1.54) is 5.56 Å². The maximum Gasteiger partial charge on any atom is 0.189 e. The van der Waals surface area contributed by atoms with Gasteiger partial charge in [0.2, 0.25) is 0 Å². The van der Waals surface area contributed by atoms with Gasteiger partial charge in [-0.2, -0.15) is 0 Å². The van der Waals surface area contributed by atoms with Gasteiger partial charge in [-0.25, -0.2) is 0 Å². The highest BCUT2D eigenvalue weighted by Gasteiger charge is 2.24. The predicted molar refractivity (Wildman–Crippen MR) is 66.2 cm³/mol. The van der Waals surface area contributed by atoms with Gasteiger partial charge in [-0.3, -0.25) is 0 Å². The molecule has 1 rings (SSSR count). The monoisotopic (exact) mass is 222 g/mol. The maximum atomic E-state index is 9.70. The van der Waals surface area contributed by atoms with Crippen molar-refractivity contribution >= 4 is 0 Å². The van der Waals surface area contributed by atoms with E-state index in [1.807, 2.05) is 12.1 Å². The first kappa shape index (κ1) is 13.2.